The van der Waals surface area contributed by atoms with Gasteiger partial charge in [0.05, 0.1) is 6.42 Å². The fourth-order valence-corrected chi connectivity index (χ4v) is 10.4. The molecular weight excluding hydrogens is 663 g/mol. The Labute approximate surface area is 333 Å². The molecule has 4 aromatic rings. The van der Waals surface area contributed by atoms with E-state index >= 15 is 0 Å². The molecule has 0 bridgehead atoms. The van der Waals surface area contributed by atoms with Crippen LogP contribution in [-0.2, 0) is 12.8 Å². The monoisotopic (exact) mass is 729 g/mol. The first-order valence-electron chi connectivity index (χ1n) is 20.6. The average Bonchev–Trinajstić information content (AvgIpc) is 3.63. The van der Waals surface area contributed by atoms with E-state index in [1.54, 1.807) is 11.1 Å². The maximum absolute atomic E-state index is 4.29. The van der Waals surface area contributed by atoms with E-state index in [1.165, 1.54) is 128 Å². The summed E-state index contributed by atoms with van der Waals surface area (Å²) >= 11 is 0. The fraction of sp³-hybridized carbons (Fsp3) is 0.389. The van der Waals surface area contributed by atoms with Crippen LogP contribution in [0.4, 0.5) is 5.69 Å². The van der Waals surface area contributed by atoms with Gasteiger partial charge in [0.25, 0.3) is 0 Å². The van der Waals surface area contributed by atoms with Gasteiger partial charge in [-0.3, -0.25) is 0 Å². The summed E-state index contributed by atoms with van der Waals surface area (Å²) in [5, 5.41) is 5.96. The van der Waals surface area contributed by atoms with Crippen molar-refractivity contribution >= 4 is 32.9 Å². The van der Waals surface area contributed by atoms with Crippen LogP contribution in [0.5, 0.6) is 0 Å². The van der Waals surface area contributed by atoms with Gasteiger partial charge in [-0.05, 0) is 232 Å². The van der Waals surface area contributed by atoms with Crippen LogP contribution in [-0.4, -0.2) is 17.3 Å². The lowest BCUT2D eigenvalue weighted by Crippen LogP contribution is -2.06. The highest BCUT2D eigenvalue weighted by Gasteiger charge is 2.33. The molecule has 7 rings (SSSR count). The Kier molecular flexibility index (Phi) is 10.9. The second kappa shape index (κ2) is 14.9. The molecule has 0 saturated carbocycles. The lowest BCUT2D eigenvalue weighted by molar-refractivity contribution is -0.401. The van der Waals surface area contributed by atoms with Gasteiger partial charge in [-0.2, -0.15) is 4.58 Å². The molecule has 0 saturated heterocycles. The van der Waals surface area contributed by atoms with E-state index in [9.17, 15) is 0 Å². The summed E-state index contributed by atoms with van der Waals surface area (Å²) < 4.78 is 2.43. The first-order valence-corrected chi connectivity index (χ1v) is 20.6. The molecular formula is C54H66N+. The van der Waals surface area contributed by atoms with Crippen LogP contribution in [0.15, 0.2) is 71.9 Å². The average molecular weight is 729 g/mol. The van der Waals surface area contributed by atoms with Crippen LogP contribution in [0, 0.1) is 83.1 Å². The standard InChI is InChI=1S/C31H38N.C23H28/c1-17-12-11-13-26(21(5)18(17)2)14-15-27-16-28-30-23(7)20(4)19(3)22(6)29(30)24(8)25(9)31(28)32(27)10;1-9-10-19-11-20-21(18(19)8)16(6)17(7)22-14(4)12(2)13(3)15(5)23(20)22/h14-15H,1-2,11-13,16H2,3-10H3;9-10,18H,1,11H2,2-8H3/q+1;/b15-14+;19-10+. The third-order valence-electron chi connectivity index (χ3n) is 14.8. The Hall–Kier alpha value is -4.49. The predicted molar refractivity (Wildman–Crippen MR) is 244 cm³/mol. The van der Waals surface area contributed by atoms with Crippen molar-refractivity contribution in [2.75, 3.05) is 7.05 Å². The van der Waals surface area contributed by atoms with Crippen molar-refractivity contribution in [2.24, 2.45) is 0 Å². The van der Waals surface area contributed by atoms with Gasteiger partial charge in [0.2, 0.25) is 5.69 Å². The summed E-state index contributed by atoms with van der Waals surface area (Å²) in [6.07, 6.45) is 14.2. The number of hydrogen-bond donors (Lipinski definition) is 0. The largest absolute Gasteiger partial charge is 0.212 e. The first-order chi connectivity index (χ1) is 25.9. The predicted octanol–water partition coefficient (Wildman–Crippen LogP) is 14.6. The van der Waals surface area contributed by atoms with Crippen LogP contribution in [0.25, 0.3) is 21.5 Å². The van der Waals surface area contributed by atoms with Gasteiger partial charge >= 0.3 is 0 Å². The van der Waals surface area contributed by atoms with Crippen LogP contribution >= 0.6 is 0 Å². The third-order valence-corrected chi connectivity index (χ3v) is 14.8. The van der Waals surface area contributed by atoms with E-state index < -0.39 is 0 Å². The minimum Gasteiger partial charge on any atom is -0.198 e. The van der Waals surface area contributed by atoms with Gasteiger partial charge in [0, 0.05) is 23.1 Å². The van der Waals surface area contributed by atoms with Gasteiger partial charge in [-0.15, -0.1) is 0 Å². The molecule has 0 N–H and O–H groups in total. The Morgan fingerprint density at radius 2 is 1.05 bits per heavy atom. The molecule has 1 atom stereocenters. The lowest BCUT2D eigenvalue weighted by Gasteiger charge is -2.22. The summed E-state index contributed by atoms with van der Waals surface area (Å²) in [7, 11) is 2.24. The minimum absolute atomic E-state index is 0.507. The highest BCUT2D eigenvalue weighted by Crippen LogP contribution is 2.47. The maximum atomic E-state index is 4.29. The highest BCUT2D eigenvalue weighted by atomic mass is 15.0. The zero-order valence-corrected chi connectivity index (χ0v) is 37.0. The van der Waals surface area contributed by atoms with Crippen molar-refractivity contribution in [3.05, 3.63) is 155 Å². The SMILES string of the molecule is C=C/C=C1\Cc2c(c(C)c(C)c3c(C)c(C)c(C)c(C)c23)C1C.C=C1CCCC(/C=C/C2=[N+](C)c3c(C)c(C)c4c(C)c(C)c(C)c(C)c4c3C2)=C(C)C1=C. The highest BCUT2D eigenvalue weighted by molar-refractivity contribution is 6.06. The normalized spacial score (nSPS) is 17.9. The minimum atomic E-state index is 0.507. The van der Waals surface area contributed by atoms with E-state index in [0.29, 0.717) is 5.92 Å². The first kappa shape index (κ1) is 40.2. The molecule has 1 nitrogen and oxygen atoms in total. The van der Waals surface area contributed by atoms with Crippen LogP contribution in [0.3, 0.4) is 0 Å². The molecule has 0 fully saturated rings. The molecule has 0 amide bonds. The smallest absolute Gasteiger partial charge is 0.198 e. The summed E-state index contributed by atoms with van der Waals surface area (Å²) in [5.41, 5.74) is 31.3. The van der Waals surface area contributed by atoms with Crippen molar-refractivity contribution < 1.29 is 4.58 Å². The van der Waals surface area contributed by atoms with Crippen molar-refractivity contribution in [1.29, 1.82) is 0 Å². The van der Waals surface area contributed by atoms with E-state index in [4.69, 9.17) is 0 Å². The molecule has 0 spiro atoms. The molecule has 4 aromatic carbocycles. The number of allylic oxidation sites excluding steroid dienone is 9. The summed E-state index contributed by atoms with van der Waals surface area (Å²) in [6.45, 7) is 44.5. The number of fused-ring (bicyclic) bond motifs is 6. The van der Waals surface area contributed by atoms with Crippen molar-refractivity contribution in [2.45, 2.75) is 135 Å². The summed E-state index contributed by atoms with van der Waals surface area (Å²) in [5.74, 6) is 0.507. The Morgan fingerprint density at radius 3 is 1.60 bits per heavy atom. The van der Waals surface area contributed by atoms with E-state index in [0.717, 1.165) is 37.7 Å². The molecule has 1 heteroatoms. The molecule has 1 unspecified atom stereocenters. The number of hydrogen-bond acceptors (Lipinski definition) is 0. The zero-order valence-electron chi connectivity index (χ0n) is 37.0. The number of aryl methyl sites for hydroxylation is 6. The second-order valence-electron chi connectivity index (χ2n) is 17.2. The molecule has 3 aliphatic rings. The van der Waals surface area contributed by atoms with E-state index in [1.807, 2.05) is 6.08 Å². The van der Waals surface area contributed by atoms with E-state index in [-0.39, 0.29) is 0 Å². The van der Waals surface area contributed by atoms with Crippen LogP contribution in [0.2, 0.25) is 0 Å². The van der Waals surface area contributed by atoms with Gasteiger partial charge in [0.15, 0.2) is 5.71 Å². The second-order valence-corrected chi connectivity index (χ2v) is 17.2. The molecule has 0 aromatic heterocycles. The molecule has 2 aliphatic carbocycles. The van der Waals surface area contributed by atoms with Gasteiger partial charge in [-0.1, -0.05) is 50.5 Å². The molecule has 0 radical (unpaired) electrons. The van der Waals surface area contributed by atoms with Crippen LogP contribution in [0.1, 0.15) is 122 Å². The maximum Gasteiger partial charge on any atom is 0.212 e. The number of rotatable bonds is 3. The lowest BCUT2D eigenvalue weighted by atomic mass is 9.82. The van der Waals surface area contributed by atoms with E-state index in [2.05, 4.69) is 147 Å². The Morgan fingerprint density at radius 1 is 0.564 bits per heavy atom. The topological polar surface area (TPSA) is 3.01 Å². The summed E-state index contributed by atoms with van der Waals surface area (Å²) in [4.78, 5) is 0. The quantitative estimate of drug-likeness (QED) is 0.185. The Balaban J connectivity index is 0.000000197. The van der Waals surface area contributed by atoms with Gasteiger partial charge in [0.1, 0.15) is 7.05 Å². The van der Waals surface area contributed by atoms with Crippen LogP contribution < -0.4 is 0 Å². The van der Waals surface area contributed by atoms with Crippen molar-refractivity contribution in [3.63, 3.8) is 0 Å². The fourth-order valence-electron chi connectivity index (χ4n) is 10.4. The number of benzene rings is 4. The summed E-state index contributed by atoms with van der Waals surface area (Å²) in [6, 6.07) is 0. The zero-order chi connectivity index (χ0) is 40.5. The van der Waals surface area contributed by atoms with Gasteiger partial charge < -0.3 is 0 Å². The number of nitrogens with zero attached hydrogens (tertiary/aromatic N) is 1. The molecule has 286 valence electrons. The molecule has 55 heavy (non-hydrogen) atoms. The molecule has 1 aliphatic heterocycles. The van der Waals surface area contributed by atoms with Gasteiger partial charge in [-0.25, -0.2) is 0 Å². The third kappa shape index (κ3) is 6.27. The molecule has 1 heterocycles. The van der Waals surface area contributed by atoms with Crippen molar-refractivity contribution in [3.8, 4) is 0 Å². The Bertz CT molecular complexity index is 2530. The van der Waals surface area contributed by atoms with Crippen molar-refractivity contribution in [1.82, 2.24) is 0 Å².